The highest BCUT2D eigenvalue weighted by Gasteiger charge is 2.30. The first-order valence-corrected chi connectivity index (χ1v) is 9.40. The van der Waals surface area contributed by atoms with Gasteiger partial charge >= 0.3 is 12.1 Å². The van der Waals surface area contributed by atoms with Gasteiger partial charge in [-0.3, -0.25) is 0 Å². The van der Waals surface area contributed by atoms with Gasteiger partial charge in [-0.15, -0.1) is 0 Å². The van der Waals surface area contributed by atoms with Gasteiger partial charge < -0.3 is 15.2 Å². The largest absolute Gasteiger partial charge is 0.496 e. The normalized spacial score (nSPS) is 10.8. The summed E-state index contributed by atoms with van der Waals surface area (Å²) in [6.45, 7) is 1.81. The van der Waals surface area contributed by atoms with Gasteiger partial charge in [-0.2, -0.15) is 13.2 Å². The molecule has 0 atom stereocenters. The second kappa shape index (κ2) is 10.1. The van der Waals surface area contributed by atoms with Gasteiger partial charge in [-0.1, -0.05) is 24.3 Å². The molecule has 3 aromatic rings. The summed E-state index contributed by atoms with van der Waals surface area (Å²) in [5.74, 6) is -0.474. The van der Waals surface area contributed by atoms with E-state index in [1.54, 1.807) is 18.2 Å². The lowest BCUT2D eigenvalue weighted by Crippen LogP contribution is -2.04. The van der Waals surface area contributed by atoms with Crippen molar-refractivity contribution >= 4 is 5.97 Å². The Hall–Kier alpha value is -3.32. The monoisotopic (exact) mass is 431 g/mol. The van der Waals surface area contributed by atoms with Crippen LogP contribution in [0.4, 0.5) is 13.2 Å². The lowest BCUT2D eigenvalue weighted by atomic mass is 9.94. The number of methoxy groups -OCH3 is 1. The third-order valence-corrected chi connectivity index (χ3v) is 4.51. The number of alkyl halides is 3. The van der Waals surface area contributed by atoms with Crippen molar-refractivity contribution in [2.75, 3.05) is 21.2 Å². The first kappa shape index (κ1) is 24.0. The number of ether oxygens (including phenoxy) is 1. The van der Waals surface area contributed by atoms with Crippen LogP contribution in [0, 0.1) is 6.92 Å². The van der Waals surface area contributed by atoms with Gasteiger partial charge in [0.15, 0.2) is 0 Å². The summed E-state index contributed by atoms with van der Waals surface area (Å²) in [5, 5.41) is 11.9. The Morgan fingerprint density at radius 1 is 0.903 bits per heavy atom. The number of hydrogen-bond donors (Lipinski definition) is 2. The van der Waals surface area contributed by atoms with E-state index >= 15 is 0 Å². The summed E-state index contributed by atoms with van der Waals surface area (Å²) < 4.78 is 43.8. The molecule has 3 rings (SSSR count). The van der Waals surface area contributed by atoms with Crippen LogP contribution in [0.25, 0.3) is 22.3 Å². The topological polar surface area (TPSA) is 58.6 Å². The minimum atomic E-state index is -4.40. The maximum Gasteiger partial charge on any atom is 0.416 e. The summed E-state index contributed by atoms with van der Waals surface area (Å²) in [6.07, 6.45) is -4.40. The van der Waals surface area contributed by atoms with Crippen molar-refractivity contribution in [1.29, 1.82) is 0 Å². The number of hydrogen-bond acceptors (Lipinski definition) is 3. The van der Waals surface area contributed by atoms with Crippen LogP contribution in [0.3, 0.4) is 0 Å². The van der Waals surface area contributed by atoms with E-state index in [1.165, 1.54) is 25.3 Å². The minimum Gasteiger partial charge on any atom is -0.496 e. The molecule has 0 aliphatic rings. The van der Waals surface area contributed by atoms with E-state index in [0.29, 0.717) is 16.9 Å². The van der Waals surface area contributed by atoms with Gasteiger partial charge in [-0.25, -0.2) is 4.79 Å². The van der Waals surface area contributed by atoms with E-state index in [2.05, 4.69) is 5.32 Å². The average Bonchev–Trinajstić information content (AvgIpc) is 2.73. The highest BCUT2D eigenvalue weighted by molar-refractivity contribution is 5.89. The van der Waals surface area contributed by atoms with E-state index in [-0.39, 0.29) is 5.56 Å². The third kappa shape index (κ3) is 5.86. The van der Waals surface area contributed by atoms with Gasteiger partial charge in [0.1, 0.15) is 5.75 Å². The number of carboxylic acids is 1. The van der Waals surface area contributed by atoms with Crippen LogP contribution in [-0.4, -0.2) is 32.3 Å². The Labute approximate surface area is 179 Å². The molecule has 0 heterocycles. The molecule has 0 aliphatic carbocycles. The lowest BCUT2D eigenvalue weighted by molar-refractivity contribution is -0.137. The molecule has 0 radical (unpaired) electrons. The van der Waals surface area contributed by atoms with Gasteiger partial charge in [0.25, 0.3) is 0 Å². The van der Waals surface area contributed by atoms with Crippen molar-refractivity contribution in [2.24, 2.45) is 0 Å². The molecular formula is C24H24F3NO3. The summed E-state index contributed by atoms with van der Waals surface area (Å²) in [4.78, 5) is 11.1. The molecule has 0 saturated carbocycles. The first-order valence-electron chi connectivity index (χ1n) is 9.40. The second-order valence-electron chi connectivity index (χ2n) is 6.83. The number of aryl methyl sites for hydroxylation is 1. The summed E-state index contributed by atoms with van der Waals surface area (Å²) in [5.41, 5.74) is 3.14. The quantitative estimate of drug-likeness (QED) is 0.541. The van der Waals surface area contributed by atoms with Crippen LogP contribution >= 0.6 is 0 Å². The Bertz CT molecular complexity index is 1040. The number of aromatic carboxylic acids is 1. The van der Waals surface area contributed by atoms with E-state index in [9.17, 15) is 18.0 Å². The summed E-state index contributed by atoms with van der Waals surface area (Å²) in [6, 6.07) is 15.1. The maximum atomic E-state index is 12.8. The van der Waals surface area contributed by atoms with Crippen LogP contribution in [-0.2, 0) is 6.18 Å². The van der Waals surface area contributed by atoms with Gasteiger partial charge in [0.05, 0.1) is 18.2 Å². The van der Waals surface area contributed by atoms with Crippen molar-refractivity contribution in [3.8, 4) is 28.0 Å². The van der Waals surface area contributed by atoms with Crippen LogP contribution < -0.4 is 10.1 Å². The fraction of sp³-hybridized carbons (Fsp3) is 0.208. The SMILES string of the molecule is CNC.COc1ccc(-c2ccc(C(=O)O)cc2C)cc1-c1ccc(C(F)(F)F)cc1. The van der Waals surface area contributed by atoms with Crippen molar-refractivity contribution in [3.63, 3.8) is 0 Å². The molecule has 0 aliphatic heterocycles. The highest BCUT2D eigenvalue weighted by Crippen LogP contribution is 2.37. The van der Waals surface area contributed by atoms with Crippen LogP contribution in [0.5, 0.6) is 5.75 Å². The molecule has 0 fully saturated rings. The highest BCUT2D eigenvalue weighted by atomic mass is 19.4. The predicted octanol–water partition coefficient (Wildman–Crippen LogP) is 5.89. The Balaban J connectivity index is 0.00000107. The van der Waals surface area contributed by atoms with Gasteiger partial charge in [0.2, 0.25) is 0 Å². The van der Waals surface area contributed by atoms with Crippen LogP contribution in [0.1, 0.15) is 21.5 Å². The molecule has 0 saturated heterocycles. The maximum absolute atomic E-state index is 12.8. The minimum absolute atomic E-state index is 0.192. The molecule has 3 aromatic carbocycles. The van der Waals surface area contributed by atoms with Crippen molar-refractivity contribution < 1.29 is 27.8 Å². The van der Waals surface area contributed by atoms with Crippen molar-refractivity contribution in [2.45, 2.75) is 13.1 Å². The zero-order valence-electron chi connectivity index (χ0n) is 17.7. The third-order valence-electron chi connectivity index (χ3n) is 4.51. The summed E-state index contributed by atoms with van der Waals surface area (Å²) >= 11 is 0. The molecule has 4 nitrogen and oxygen atoms in total. The Kier molecular flexibility index (Phi) is 7.83. The second-order valence-corrected chi connectivity index (χ2v) is 6.83. The number of carbonyl (C=O) groups is 1. The molecule has 0 spiro atoms. The molecule has 164 valence electrons. The molecule has 31 heavy (non-hydrogen) atoms. The fourth-order valence-corrected chi connectivity index (χ4v) is 3.06. The standard InChI is InChI=1S/C22H17F3O3.C2H7N/c1-13-11-16(21(26)27)5-9-18(13)15-6-10-20(28-2)19(12-15)14-3-7-17(8-4-14)22(23,24)25;1-3-2/h3-12H,1-2H3,(H,26,27);3H,1-2H3. The van der Waals surface area contributed by atoms with Gasteiger partial charge in [-0.05, 0) is 79.7 Å². The number of benzene rings is 3. The molecule has 0 amide bonds. The Morgan fingerprint density at radius 2 is 1.48 bits per heavy atom. The van der Waals surface area contributed by atoms with E-state index in [1.807, 2.05) is 33.2 Å². The molecule has 0 bridgehead atoms. The predicted molar refractivity (Wildman–Crippen MR) is 116 cm³/mol. The zero-order valence-corrected chi connectivity index (χ0v) is 17.7. The zero-order chi connectivity index (χ0) is 23.2. The van der Waals surface area contributed by atoms with E-state index in [4.69, 9.17) is 9.84 Å². The van der Waals surface area contributed by atoms with Crippen molar-refractivity contribution in [1.82, 2.24) is 5.32 Å². The van der Waals surface area contributed by atoms with E-state index in [0.717, 1.165) is 28.8 Å². The lowest BCUT2D eigenvalue weighted by Gasteiger charge is -2.14. The summed E-state index contributed by atoms with van der Waals surface area (Å²) in [7, 11) is 5.25. The number of rotatable bonds is 4. The van der Waals surface area contributed by atoms with Crippen LogP contribution in [0.2, 0.25) is 0 Å². The molecule has 2 N–H and O–H groups in total. The van der Waals surface area contributed by atoms with Crippen molar-refractivity contribution in [3.05, 3.63) is 77.4 Å². The molecule has 0 aromatic heterocycles. The molecule has 0 unspecified atom stereocenters. The van der Waals surface area contributed by atoms with E-state index < -0.39 is 17.7 Å². The molecular weight excluding hydrogens is 407 g/mol. The number of nitrogens with one attached hydrogen (secondary N) is 1. The van der Waals surface area contributed by atoms with Gasteiger partial charge in [0, 0.05) is 5.56 Å². The fourth-order valence-electron chi connectivity index (χ4n) is 3.06. The molecule has 7 heteroatoms. The number of halogens is 3. The first-order chi connectivity index (χ1) is 14.6. The average molecular weight is 431 g/mol. The Morgan fingerprint density at radius 3 is 1.97 bits per heavy atom. The van der Waals surface area contributed by atoms with Crippen LogP contribution in [0.15, 0.2) is 60.7 Å². The smallest absolute Gasteiger partial charge is 0.416 e. The number of carboxylic acid groups (broad SMARTS) is 1.